The first-order chi connectivity index (χ1) is 27.5. The van der Waals surface area contributed by atoms with Crippen LogP contribution in [0.1, 0.15) is 62.5 Å². The van der Waals surface area contributed by atoms with E-state index in [1.54, 1.807) is 72.8 Å². The maximum atomic E-state index is 14.5. The van der Waals surface area contributed by atoms with Crippen molar-refractivity contribution in [1.82, 2.24) is 15.4 Å². The monoisotopic (exact) mass is 812 g/mol. The summed E-state index contributed by atoms with van der Waals surface area (Å²) in [7, 11) is -5.45. The number of para-hydroxylation sites is 1. The molecule has 300 valence electrons. The molecule has 1 saturated carbocycles. The molecule has 4 aromatic rings. The molecule has 5 rings (SSSR count). The second-order valence-corrected chi connectivity index (χ2v) is 17.6. The van der Waals surface area contributed by atoms with Crippen molar-refractivity contribution in [2.24, 2.45) is 5.92 Å². The van der Waals surface area contributed by atoms with Crippen molar-refractivity contribution >= 4 is 64.1 Å². The number of ketones is 1. The van der Waals surface area contributed by atoms with Gasteiger partial charge in [-0.15, -0.1) is 0 Å². The quantitative estimate of drug-likeness (QED) is 0.0814. The van der Waals surface area contributed by atoms with E-state index in [1.165, 1.54) is 6.26 Å². The molecule has 3 unspecified atom stereocenters. The molecule has 0 saturated heterocycles. The summed E-state index contributed by atoms with van der Waals surface area (Å²) >= 11 is 0. The van der Waals surface area contributed by atoms with Crippen molar-refractivity contribution in [2.45, 2.75) is 69.9 Å². The molecule has 57 heavy (non-hydrogen) atoms. The van der Waals surface area contributed by atoms with E-state index in [0.717, 1.165) is 43.2 Å². The zero-order chi connectivity index (χ0) is 40.6. The summed E-state index contributed by atoms with van der Waals surface area (Å²) in [5, 5.41) is 8.75. The summed E-state index contributed by atoms with van der Waals surface area (Å²) < 4.78 is 34.4. The highest BCUT2D eigenvalue weighted by Crippen LogP contribution is 2.44. The summed E-state index contributed by atoms with van der Waals surface area (Å²) in [4.78, 5) is 67.4. The van der Waals surface area contributed by atoms with Gasteiger partial charge in [0, 0.05) is 29.0 Å². The lowest BCUT2D eigenvalue weighted by Gasteiger charge is -2.28. The van der Waals surface area contributed by atoms with Crippen LogP contribution in [0.3, 0.4) is 0 Å². The van der Waals surface area contributed by atoms with Crippen molar-refractivity contribution in [2.75, 3.05) is 18.2 Å². The Kier molecular flexibility index (Phi) is 16.1. The molecule has 0 aromatic heterocycles. The van der Waals surface area contributed by atoms with Gasteiger partial charge in [-0.3, -0.25) is 33.3 Å². The number of rotatable bonds is 18. The van der Waals surface area contributed by atoms with E-state index in [1.807, 2.05) is 42.5 Å². The van der Waals surface area contributed by atoms with Gasteiger partial charge >= 0.3 is 11.8 Å². The van der Waals surface area contributed by atoms with Crippen molar-refractivity contribution < 1.29 is 37.3 Å². The Labute approximate surface area is 336 Å². The molecule has 1 aliphatic carbocycles. The van der Waals surface area contributed by atoms with Crippen LogP contribution in [0.5, 0.6) is 0 Å². The molecule has 0 heterocycles. The molecular weight excluding hydrogens is 764 g/mol. The van der Waals surface area contributed by atoms with Crippen molar-refractivity contribution in [3.8, 4) is 0 Å². The lowest BCUT2D eigenvalue weighted by atomic mass is 9.84. The highest BCUT2D eigenvalue weighted by molar-refractivity contribution is 7.82. The maximum Gasteiger partial charge on any atom is 0.313 e. The number of Topliss-reactive ketones (excluding diaryl/α,β-unsaturated/α-hetero) is 1. The van der Waals surface area contributed by atoms with Gasteiger partial charge in [0.25, 0.3) is 7.37 Å². The predicted octanol–water partition coefficient (Wildman–Crippen LogP) is 4.86. The Balaban J connectivity index is 1.34. The highest BCUT2D eigenvalue weighted by atomic mass is 32.2. The second kappa shape index (κ2) is 21.3. The number of benzene rings is 4. The molecule has 4 amide bonds. The van der Waals surface area contributed by atoms with Crippen LogP contribution in [0.2, 0.25) is 0 Å². The summed E-state index contributed by atoms with van der Waals surface area (Å²) in [5.41, 5.74) is 2.27. The molecule has 1 fully saturated rings. The summed E-state index contributed by atoms with van der Waals surface area (Å²) in [6.45, 7) is -0.683. The molecule has 1 aliphatic rings. The van der Waals surface area contributed by atoms with Gasteiger partial charge in [0.1, 0.15) is 23.6 Å². The zero-order valence-electron chi connectivity index (χ0n) is 31.9. The van der Waals surface area contributed by atoms with E-state index in [2.05, 4.69) is 20.7 Å². The third-order valence-electron chi connectivity index (χ3n) is 9.83. The van der Waals surface area contributed by atoms with Crippen LogP contribution in [0.4, 0.5) is 5.69 Å². The lowest BCUT2D eigenvalue weighted by Crippen LogP contribution is -2.54. The Morgan fingerprint density at radius 3 is 1.93 bits per heavy atom. The molecule has 3 atom stereocenters. The molecule has 0 aliphatic heterocycles. The molecule has 0 bridgehead atoms. The van der Waals surface area contributed by atoms with E-state index in [0.29, 0.717) is 22.7 Å². The van der Waals surface area contributed by atoms with Crippen LogP contribution < -0.4 is 31.3 Å². The number of carbonyl (C=O) groups is 5. The highest BCUT2D eigenvalue weighted by Gasteiger charge is 2.34. The van der Waals surface area contributed by atoms with E-state index in [-0.39, 0.29) is 25.2 Å². The first-order valence-corrected chi connectivity index (χ1v) is 22.3. The van der Waals surface area contributed by atoms with Crippen LogP contribution >= 0.6 is 7.37 Å². The van der Waals surface area contributed by atoms with E-state index >= 15 is 0 Å². The van der Waals surface area contributed by atoms with Gasteiger partial charge < -0.3 is 20.5 Å². The topological polar surface area (TPSA) is 177 Å². The summed E-state index contributed by atoms with van der Waals surface area (Å²) in [6.07, 6.45) is 6.18. The molecule has 4 N–H and O–H groups in total. The van der Waals surface area contributed by atoms with Gasteiger partial charge in [0.2, 0.25) is 11.8 Å². The molecule has 0 radical (unpaired) electrons. The first kappa shape index (κ1) is 42.9. The summed E-state index contributed by atoms with van der Waals surface area (Å²) in [6, 6.07) is 31.2. The second-order valence-electron chi connectivity index (χ2n) is 14.1. The Hall–Kier alpha value is -5.23. The van der Waals surface area contributed by atoms with Gasteiger partial charge in [0.15, 0.2) is 5.78 Å². The van der Waals surface area contributed by atoms with Crippen molar-refractivity contribution in [3.05, 3.63) is 126 Å². The number of hydrogen-bond donors (Lipinski definition) is 4. The van der Waals surface area contributed by atoms with Crippen LogP contribution in [0, 0.1) is 5.92 Å². The van der Waals surface area contributed by atoms with Crippen LogP contribution in [0.25, 0.3) is 0 Å². The number of anilines is 1. The lowest BCUT2D eigenvalue weighted by molar-refractivity contribution is -0.138. The van der Waals surface area contributed by atoms with Crippen LogP contribution in [-0.2, 0) is 50.5 Å². The Bertz CT molecular complexity index is 2020. The predicted molar refractivity (Wildman–Crippen MR) is 222 cm³/mol. The standard InChI is InChI=1S/C43H49N4O8PS/c1-57(54)47-40(49)27-26-37(39(48)30-55-56(53,34-21-10-4-11-22-34)35-23-12-5-13-24-35)45-41(50)38(29-32-18-8-3-9-19-32)46-43(52)42(51)44-36-25-15-14-20-33(36)28-31-16-6-2-7-17-31/h2,4-7,10-17,20-25,32,37-38H,3,8-9,18-19,26-30H2,1H3,(H,44,51)(H,45,50)(H,46,52)(H,47,49). The van der Waals surface area contributed by atoms with E-state index in [9.17, 15) is 32.7 Å². The fraction of sp³-hybridized carbons (Fsp3) is 0.326. The van der Waals surface area contributed by atoms with E-state index in [4.69, 9.17) is 4.52 Å². The van der Waals surface area contributed by atoms with Crippen molar-refractivity contribution in [3.63, 3.8) is 0 Å². The minimum Gasteiger partial charge on any atom is -0.344 e. The van der Waals surface area contributed by atoms with Gasteiger partial charge in [-0.25, -0.2) is 4.21 Å². The average molecular weight is 813 g/mol. The van der Waals surface area contributed by atoms with Gasteiger partial charge in [-0.05, 0) is 66.6 Å². The molecular formula is C43H49N4O8PS. The van der Waals surface area contributed by atoms with Gasteiger partial charge in [-0.1, -0.05) is 117 Å². The largest absolute Gasteiger partial charge is 0.344 e. The van der Waals surface area contributed by atoms with Gasteiger partial charge in [0.05, 0.1) is 6.04 Å². The first-order valence-electron chi connectivity index (χ1n) is 19.1. The van der Waals surface area contributed by atoms with Gasteiger partial charge in [-0.2, -0.15) is 0 Å². The third-order valence-corrected chi connectivity index (χ3v) is 12.8. The fourth-order valence-corrected chi connectivity index (χ4v) is 9.33. The minimum atomic E-state index is -3.79. The molecule has 0 spiro atoms. The Morgan fingerprint density at radius 2 is 1.32 bits per heavy atom. The van der Waals surface area contributed by atoms with Crippen molar-refractivity contribution in [1.29, 1.82) is 0 Å². The average Bonchev–Trinajstić information content (AvgIpc) is 3.22. The summed E-state index contributed by atoms with van der Waals surface area (Å²) in [5.74, 6) is -3.91. The van der Waals surface area contributed by atoms with Crippen LogP contribution in [-0.4, -0.2) is 58.6 Å². The van der Waals surface area contributed by atoms with Crippen LogP contribution in [0.15, 0.2) is 115 Å². The number of nitrogens with one attached hydrogen (secondary N) is 4. The fourth-order valence-electron chi connectivity index (χ4n) is 6.88. The Morgan fingerprint density at radius 1 is 0.737 bits per heavy atom. The third kappa shape index (κ3) is 12.9. The van der Waals surface area contributed by atoms with E-state index < -0.39 is 66.5 Å². The molecule has 14 heteroatoms. The minimum absolute atomic E-state index is 0.0786. The normalized spacial score (nSPS) is 14.7. The number of amides is 4. The molecule has 4 aromatic carbocycles. The molecule has 12 nitrogen and oxygen atoms in total. The SMILES string of the molecule is CS(=O)NC(=O)CCC(NC(=O)C(CC1CCCCC1)NC(=O)C(=O)Nc1ccccc1Cc1ccccc1)C(=O)COP(=O)(c1ccccc1)c1ccccc1. The zero-order valence-corrected chi connectivity index (χ0v) is 33.6. The number of carbonyl (C=O) groups excluding carboxylic acids is 5. The maximum absolute atomic E-state index is 14.5. The number of hydrogen-bond acceptors (Lipinski definition) is 8. The smallest absolute Gasteiger partial charge is 0.313 e.